The maximum absolute atomic E-state index is 12.0. The Morgan fingerprint density at radius 2 is 2.00 bits per heavy atom. The normalized spacial score (nSPS) is 23.7. The molecule has 0 aliphatic heterocycles. The summed E-state index contributed by atoms with van der Waals surface area (Å²) in [5, 5.41) is 0. The monoisotopic (exact) mass is 232 g/mol. The zero-order valence-corrected chi connectivity index (χ0v) is 9.89. The molecule has 2 atom stereocenters. The van der Waals surface area contributed by atoms with Crippen molar-refractivity contribution in [3.8, 4) is 0 Å². The van der Waals surface area contributed by atoms with Crippen molar-refractivity contribution in [2.45, 2.75) is 19.3 Å². The Morgan fingerprint density at radius 3 is 2.65 bits per heavy atom. The predicted octanol–water partition coefficient (Wildman–Crippen LogP) is 2.00. The molecule has 0 saturated heterocycles. The number of methoxy groups -OCH3 is 1. The third-order valence-corrected chi connectivity index (χ3v) is 3.36. The summed E-state index contributed by atoms with van der Waals surface area (Å²) in [6.07, 6.45) is 2.14. The van der Waals surface area contributed by atoms with Gasteiger partial charge < -0.3 is 4.74 Å². The van der Waals surface area contributed by atoms with Crippen LogP contribution in [0.25, 0.3) is 0 Å². The van der Waals surface area contributed by atoms with E-state index in [4.69, 9.17) is 0 Å². The van der Waals surface area contributed by atoms with E-state index in [2.05, 4.69) is 4.74 Å². The molecule has 1 aliphatic carbocycles. The number of carbonyl (C=O) groups is 2. The second-order valence-corrected chi connectivity index (χ2v) is 4.44. The summed E-state index contributed by atoms with van der Waals surface area (Å²) in [6, 6.07) is 9.91. The topological polar surface area (TPSA) is 43.4 Å². The van der Waals surface area contributed by atoms with Crippen LogP contribution in [0.3, 0.4) is 0 Å². The highest BCUT2D eigenvalue weighted by atomic mass is 16.5. The Labute approximate surface area is 101 Å². The van der Waals surface area contributed by atoms with Gasteiger partial charge in [0.05, 0.1) is 7.11 Å². The number of hydrogen-bond acceptors (Lipinski definition) is 3. The quantitative estimate of drug-likeness (QED) is 0.591. The molecule has 2 rings (SSSR count). The van der Waals surface area contributed by atoms with Crippen molar-refractivity contribution in [1.82, 2.24) is 0 Å². The standard InChI is InChI=1S/C14H16O3/c1-17-14(16)12-8-7-11(13(12)15)9-10-5-3-2-4-6-10/h2-6,11-12H,7-9H2,1H3. The fourth-order valence-corrected chi connectivity index (χ4v) is 2.41. The maximum Gasteiger partial charge on any atom is 0.316 e. The van der Waals surface area contributed by atoms with Crippen LogP contribution in [0.15, 0.2) is 30.3 Å². The van der Waals surface area contributed by atoms with E-state index in [0.29, 0.717) is 6.42 Å². The van der Waals surface area contributed by atoms with E-state index in [1.807, 2.05) is 30.3 Å². The summed E-state index contributed by atoms with van der Waals surface area (Å²) in [5.41, 5.74) is 1.15. The van der Waals surface area contributed by atoms with Crippen LogP contribution in [0, 0.1) is 11.8 Å². The Hall–Kier alpha value is -1.64. The van der Waals surface area contributed by atoms with Crippen LogP contribution in [0.2, 0.25) is 0 Å². The van der Waals surface area contributed by atoms with Gasteiger partial charge in [-0.3, -0.25) is 9.59 Å². The van der Waals surface area contributed by atoms with Crippen molar-refractivity contribution < 1.29 is 14.3 Å². The SMILES string of the molecule is COC(=O)C1CCC(Cc2ccccc2)C1=O. The molecule has 1 saturated carbocycles. The van der Waals surface area contributed by atoms with Crippen molar-refractivity contribution in [1.29, 1.82) is 0 Å². The van der Waals surface area contributed by atoms with E-state index in [-0.39, 0.29) is 17.7 Å². The minimum atomic E-state index is -0.534. The Morgan fingerprint density at radius 1 is 1.29 bits per heavy atom. The molecule has 1 aliphatic rings. The van der Waals surface area contributed by atoms with Gasteiger partial charge in [-0.05, 0) is 24.8 Å². The number of carbonyl (C=O) groups excluding carboxylic acids is 2. The lowest BCUT2D eigenvalue weighted by molar-refractivity contribution is -0.148. The van der Waals surface area contributed by atoms with Gasteiger partial charge in [-0.1, -0.05) is 30.3 Å². The number of Topliss-reactive ketones (excluding diaryl/α,β-unsaturated/α-hetero) is 1. The summed E-state index contributed by atoms with van der Waals surface area (Å²) < 4.78 is 4.64. The van der Waals surface area contributed by atoms with Gasteiger partial charge >= 0.3 is 5.97 Å². The minimum absolute atomic E-state index is 0.0264. The Bertz CT molecular complexity index is 411. The number of ether oxygens (including phenoxy) is 1. The largest absolute Gasteiger partial charge is 0.468 e. The average molecular weight is 232 g/mol. The van der Waals surface area contributed by atoms with E-state index >= 15 is 0 Å². The Balaban J connectivity index is 2.01. The molecule has 0 bridgehead atoms. The first-order chi connectivity index (χ1) is 8.22. The molecule has 1 fully saturated rings. The van der Waals surface area contributed by atoms with Crippen LogP contribution < -0.4 is 0 Å². The lowest BCUT2D eigenvalue weighted by atomic mass is 9.95. The van der Waals surface area contributed by atoms with E-state index < -0.39 is 5.92 Å². The number of hydrogen-bond donors (Lipinski definition) is 0. The molecule has 0 N–H and O–H groups in total. The fraction of sp³-hybridized carbons (Fsp3) is 0.429. The molecule has 3 nitrogen and oxygen atoms in total. The van der Waals surface area contributed by atoms with Crippen LogP contribution in [0.1, 0.15) is 18.4 Å². The smallest absolute Gasteiger partial charge is 0.316 e. The second-order valence-electron chi connectivity index (χ2n) is 4.44. The van der Waals surface area contributed by atoms with Gasteiger partial charge in [0.15, 0.2) is 0 Å². The molecule has 90 valence electrons. The first-order valence-electron chi connectivity index (χ1n) is 5.88. The lowest BCUT2D eigenvalue weighted by Gasteiger charge is -2.09. The third-order valence-electron chi connectivity index (χ3n) is 3.36. The summed E-state index contributed by atoms with van der Waals surface area (Å²) in [7, 11) is 1.33. The molecule has 0 heterocycles. The minimum Gasteiger partial charge on any atom is -0.468 e. The molecule has 17 heavy (non-hydrogen) atoms. The average Bonchev–Trinajstić information content (AvgIpc) is 2.72. The summed E-state index contributed by atoms with van der Waals surface area (Å²) in [4.78, 5) is 23.4. The summed E-state index contributed by atoms with van der Waals surface area (Å²) >= 11 is 0. The molecule has 0 aromatic heterocycles. The molecule has 2 unspecified atom stereocenters. The highest BCUT2D eigenvalue weighted by molar-refractivity contribution is 6.01. The molecular formula is C14H16O3. The van der Waals surface area contributed by atoms with Gasteiger partial charge in [0, 0.05) is 5.92 Å². The van der Waals surface area contributed by atoms with Crippen molar-refractivity contribution in [3.63, 3.8) is 0 Å². The molecule has 1 aromatic rings. The van der Waals surface area contributed by atoms with E-state index in [1.54, 1.807) is 0 Å². The zero-order chi connectivity index (χ0) is 12.3. The molecule has 0 radical (unpaired) electrons. The van der Waals surface area contributed by atoms with Gasteiger partial charge in [-0.25, -0.2) is 0 Å². The van der Waals surface area contributed by atoms with Gasteiger partial charge in [-0.2, -0.15) is 0 Å². The van der Waals surface area contributed by atoms with E-state index in [0.717, 1.165) is 18.4 Å². The van der Waals surface area contributed by atoms with Crippen LogP contribution in [0.5, 0.6) is 0 Å². The molecule has 1 aromatic carbocycles. The van der Waals surface area contributed by atoms with Gasteiger partial charge in [0.2, 0.25) is 0 Å². The van der Waals surface area contributed by atoms with Crippen molar-refractivity contribution >= 4 is 11.8 Å². The summed E-state index contributed by atoms with van der Waals surface area (Å²) in [5.74, 6) is -0.901. The predicted molar refractivity (Wildman–Crippen MR) is 63.4 cm³/mol. The number of benzene rings is 1. The van der Waals surface area contributed by atoms with Crippen LogP contribution >= 0.6 is 0 Å². The molecule has 0 spiro atoms. The van der Waals surface area contributed by atoms with Crippen molar-refractivity contribution in [2.75, 3.05) is 7.11 Å². The van der Waals surface area contributed by atoms with E-state index in [1.165, 1.54) is 7.11 Å². The summed E-state index contributed by atoms with van der Waals surface area (Å²) in [6.45, 7) is 0. The first kappa shape index (κ1) is 11.8. The van der Waals surface area contributed by atoms with Crippen LogP contribution in [0.4, 0.5) is 0 Å². The van der Waals surface area contributed by atoms with Crippen LogP contribution in [-0.4, -0.2) is 18.9 Å². The van der Waals surface area contributed by atoms with E-state index in [9.17, 15) is 9.59 Å². The van der Waals surface area contributed by atoms with Crippen LogP contribution in [-0.2, 0) is 20.7 Å². The fourth-order valence-electron chi connectivity index (χ4n) is 2.41. The van der Waals surface area contributed by atoms with Crippen molar-refractivity contribution in [2.24, 2.45) is 11.8 Å². The Kier molecular flexibility index (Phi) is 3.57. The third kappa shape index (κ3) is 2.54. The number of esters is 1. The molecule has 0 amide bonds. The lowest BCUT2D eigenvalue weighted by Crippen LogP contribution is -2.24. The number of rotatable bonds is 3. The van der Waals surface area contributed by atoms with Gasteiger partial charge in [0.25, 0.3) is 0 Å². The number of ketones is 1. The van der Waals surface area contributed by atoms with Gasteiger partial charge in [-0.15, -0.1) is 0 Å². The maximum atomic E-state index is 12.0. The highest BCUT2D eigenvalue weighted by Crippen LogP contribution is 2.30. The van der Waals surface area contributed by atoms with Gasteiger partial charge in [0.1, 0.15) is 11.7 Å². The molecular weight excluding hydrogens is 216 g/mol. The first-order valence-corrected chi connectivity index (χ1v) is 5.88. The highest BCUT2D eigenvalue weighted by Gasteiger charge is 2.39. The second kappa shape index (κ2) is 5.13. The molecule has 3 heteroatoms. The zero-order valence-electron chi connectivity index (χ0n) is 9.89. The van der Waals surface area contributed by atoms with Crippen molar-refractivity contribution in [3.05, 3.63) is 35.9 Å².